The smallest absolute Gasteiger partial charge is 0.253 e. The molecule has 0 atom stereocenters. The van der Waals surface area contributed by atoms with Crippen molar-refractivity contribution in [2.24, 2.45) is 0 Å². The molecule has 1 amide bonds. The number of nitrogens with zero attached hydrogens (tertiary/aromatic N) is 4. The molecular formula is C23H30N4O3S. The summed E-state index contributed by atoms with van der Waals surface area (Å²) in [4.78, 5) is 19.6. The number of amides is 1. The van der Waals surface area contributed by atoms with E-state index in [-0.39, 0.29) is 5.91 Å². The summed E-state index contributed by atoms with van der Waals surface area (Å²) in [6, 6.07) is 18.2. The van der Waals surface area contributed by atoms with Crippen LogP contribution in [0.1, 0.15) is 15.9 Å². The third-order valence-electron chi connectivity index (χ3n) is 6.07. The molecule has 166 valence electrons. The summed E-state index contributed by atoms with van der Waals surface area (Å²) in [6.07, 6.45) is 1.26. The minimum absolute atomic E-state index is 0.0801. The molecule has 7 nitrogen and oxygen atoms in total. The van der Waals surface area contributed by atoms with E-state index in [2.05, 4.69) is 21.9 Å². The van der Waals surface area contributed by atoms with Gasteiger partial charge < -0.3 is 9.80 Å². The lowest BCUT2D eigenvalue weighted by atomic mass is 10.1. The lowest BCUT2D eigenvalue weighted by Gasteiger charge is -2.36. The van der Waals surface area contributed by atoms with Gasteiger partial charge in [-0.3, -0.25) is 9.69 Å². The third kappa shape index (κ3) is 5.44. The third-order valence-corrected chi connectivity index (χ3v) is 7.37. The normalized spacial score (nSPS) is 18.9. The summed E-state index contributed by atoms with van der Waals surface area (Å²) >= 11 is 0. The minimum atomic E-state index is -3.12. The number of carbonyl (C=O) groups is 1. The highest BCUT2D eigenvalue weighted by Gasteiger charge is 2.25. The van der Waals surface area contributed by atoms with Gasteiger partial charge >= 0.3 is 0 Å². The van der Waals surface area contributed by atoms with Crippen LogP contribution < -0.4 is 4.90 Å². The maximum absolute atomic E-state index is 13.1. The fourth-order valence-electron chi connectivity index (χ4n) is 4.27. The number of hydrogen-bond acceptors (Lipinski definition) is 5. The number of sulfonamides is 1. The predicted molar refractivity (Wildman–Crippen MR) is 123 cm³/mol. The summed E-state index contributed by atoms with van der Waals surface area (Å²) < 4.78 is 24.9. The summed E-state index contributed by atoms with van der Waals surface area (Å²) in [5.41, 5.74) is 3.01. The second-order valence-corrected chi connectivity index (χ2v) is 10.2. The number of anilines is 1. The highest BCUT2D eigenvalue weighted by molar-refractivity contribution is 7.88. The molecule has 2 aliphatic heterocycles. The topological polar surface area (TPSA) is 64.2 Å². The molecule has 2 aromatic carbocycles. The molecular weight excluding hydrogens is 412 g/mol. The number of rotatable bonds is 5. The van der Waals surface area contributed by atoms with E-state index in [1.807, 2.05) is 47.4 Å². The maximum atomic E-state index is 13.1. The number of benzene rings is 2. The molecule has 2 aromatic rings. The van der Waals surface area contributed by atoms with Gasteiger partial charge in [0.05, 0.1) is 6.26 Å². The standard InChI is InChI=1S/C23H30N4O3S/c1-31(29,30)27-16-10-24(11-17-27)19-20-6-5-7-21(18-20)23(28)26-14-12-25(13-15-26)22-8-3-2-4-9-22/h2-9,18H,10-17,19H2,1H3. The van der Waals surface area contributed by atoms with Crippen LogP contribution in [0.2, 0.25) is 0 Å². The van der Waals surface area contributed by atoms with E-state index in [4.69, 9.17) is 0 Å². The Hall–Kier alpha value is -2.42. The summed E-state index contributed by atoms with van der Waals surface area (Å²) in [6.45, 7) is 6.25. The SMILES string of the molecule is CS(=O)(=O)N1CCN(Cc2cccc(C(=O)N3CCN(c4ccccc4)CC3)c2)CC1. The zero-order valence-corrected chi connectivity index (χ0v) is 18.8. The van der Waals surface area contributed by atoms with Gasteiger partial charge in [0.15, 0.2) is 0 Å². The van der Waals surface area contributed by atoms with Gasteiger partial charge in [-0.25, -0.2) is 8.42 Å². The van der Waals surface area contributed by atoms with E-state index >= 15 is 0 Å². The van der Waals surface area contributed by atoms with Crippen molar-refractivity contribution < 1.29 is 13.2 Å². The van der Waals surface area contributed by atoms with E-state index in [1.165, 1.54) is 16.2 Å². The van der Waals surface area contributed by atoms with Crippen LogP contribution in [0.25, 0.3) is 0 Å². The fraction of sp³-hybridized carbons (Fsp3) is 0.435. The molecule has 0 aliphatic carbocycles. The second-order valence-electron chi connectivity index (χ2n) is 8.25. The first-order valence-corrected chi connectivity index (χ1v) is 12.6. The molecule has 8 heteroatoms. The zero-order chi connectivity index (χ0) is 21.8. The van der Waals surface area contributed by atoms with Crippen molar-refractivity contribution in [1.82, 2.24) is 14.1 Å². The van der Waals surface area contributed by atoms with Crippen molar-refractivity contribution >= 4 is 21.6 Å². The summed E-state index contributed by atoms with van der Waals surface area (Å²) in [7, 11) is -3.12. The van der Waals surface area contributed by atoms with Crippen LogP contribution in [0.15, 0.2) is 54.6 Å². The Morgan fingerprint density at radius 3 is 2.16 bits per heavy atom. The van der Waals surface area contributed by atoms with Crippen molar-refractivity contribution in [3.63, 3.8) is 0 Å². The first-order chi connectivity index (χ1) is 14.9. The Morgan fingerprint density at radius 1 is 0.839 bits per heavy atom. The molecule has 0 radical (unpaired) electrons. The Kier molecular flexibility index (Phi) is 6.60. The molecule has 0 N–H and O–H groups in total. The van der Waals surface area contributed by atoms with E-state index in [0.29, 0.717) is 39.3 Å². The van der Waals surface area contributed by atoms with Crippen molar-refractivity contribution in [2.45, 2.75) is 6.54 Å². The van der Waals surface area contributed by atoms with Crippen molar-refractivity contribution in [3.8, 4) is 0 Å². The van der Waals surface area contributed by atoms with Crippen LogP contribution in [-0.4, -0.2) is 87.0 Å². The van der Waals surface area contributed by atoms with Gasteiger partial charge in [0.25, 0.3) is 5.91 Å². The van der Waals surface area contributed by atoms with E-state index < -0.39 is 10.0 Å². The van der Waals surface area contributed by atoms with Crippen molar-refractivity contribution in [3.05, 3.63) is 65.7 Å². The summed E-state index contributed by atoms with van der Waals surface area (Å²) in [5.74, 6) is 0.0801. The molecule has 0 spiro atoms. The van der Waals surface area contributed by atoms with Gasteiger partial charge in [-0.15, -0.1) is 0 Å². The van der Waals surface area contributed by atoms with Crippen LogP contribution in [-0.2, 0) is 16.6 Å². The lowest BCUT2D eigenvalue weighted by molar-refractivity contribution is 0.0746. The van der Waals surface area contributed by atoms with E-state index in [9.17, 15) is 13.2 Å². The number of piperazine rings is 2. The summed E-state index contributed by atoms with van der Waals surface area (Å²) in [5, 5.41) is 0. The highest BCUT2D eigenvalue weighted by atomic mass is 32.2. The fourth-order valence-corrected chi connectivity index (χ4v) is 5.10. The van der Waals surface area contributed by atoms with Crippen LogP contribution in [0.4, 0.5) is 5.69 Å². The average Bonchev–Trinajstić information content (AvgIpc) is 2.79. The molecule has 0 saturated carbocycles. The molecule has 0 unspecified atom stereocenters. The van der Waals surface area contributed by atoms with Crippen LogP contribution in [0.5, 0.6) is 0 Å². The maximum Gasteiger partial charge on any atom is 0.253 e. The molecule has 2 fully saturated rings. The van der Waals surface area contributed by atoms with Crippen LogP contribution >= 0.6 is 0 Å². The van der Waals surface area contributed by atoms with Gasteiger partial charge in [0.2, 0.25) is 10.0 Å². The van der Waals surface area contributed by atoms with Crippen molar-refractivity contribution in [2.75, 3.05) is 63.5 Å². The first-order valence-electron chi connectivity index (χ1n) is 10.8. The first kappa shape index (κ1) is 21.8. The second kappa shape index (κ2) is 9.38. The molecule has 2 aliphatic rings. The van der Waals surface area contributed by atoms with Crippen molar-refractivity contribution in [1.29, 1.82) is 0 Å². The Morgan fingerprint density at radius 2 is 1.52 bits per heavy atom. The average molecular weight is 443 g/mol. The van der Waals surface area contributed by atoms with Crippen LogP contribution in [0.3, 0.4) is 0 Å². The van der Waals surface area contributed by atoms with E-state index in [0.717, 1.165) is 30.8 Å². The zero-order valence-electron chi connectivity index (χ0n) is 18.0. The quantitative estimate of drug-likeness (QED) is 0.706. The van der Waals surface area contributed by atoms with E-state index in [1.54, 1.807) is 0 Å². The molecule has 31 heavy (non-hydrogen) atoms. The number of carbonyl (C=O) groups excluding carboxylic acids is 1. The molecule has 0 aromatic heterocycles. The van der Waals surface area contributed by atoms with Gasteiger partial charge in [0, 0.05) is 70.2 Å². The number of hydrogen-bond donors (Lipinski definition) is 0. The predicted octanol–water partition coefficient (Wildman–Crippen LogP) is 1.73. The van der Waals surface area contributed by atoms with Gasteiger partial charge in [-0.05, 0) is 29.8 Å². The molecule has 2 heterocycles. The largest absolute Gasteiger partial charge is 0.368 e. The van der Waals surface area contributed by atoms with Gasteiger partial charge in [-0.1, -0.05) is 30.3 Å². The van der Waals surface area contributed by atoms with Crippen LogP contribution in [0, 0.1) is 0 Å². The Bertz CT molecular complexity index is 996. The lowest BCUT2D eigenvalue weighted by Crippen LogP contribution is -2.49. The Balaban J connectivity index is 1.33. The van der Waals surface area contributed by atoms with Gasteiger partial charge in [0.1, 0.15) is 0 Å². The molecule has 0 bridgehead atoms. The highest BCUT2D eigenvalue weighted by Crippen LogP contribution is 2.18. The number of para-hydroxylation sites is 1. The Labute approximate surface area is 184 Å². The monoisotopic (exact) mass is 442 g/mol. The molecule has 4 rings (SSSR count). The van der Waals surface area contributed by atoms with Gasteiger partial charge in [-0.2, -0.15) is 4.31 Å². The minimum Gasteiger partial charge on any atom is -0.368 e. The molecule has 2 saturated heterocycles.